The fourth-order valence-corrected chi connectivity index (χ4v) is 1.71. The molecule has 0 aliphatic heterocycles. The normalized spacial score (nSPS) is 18.6. The van der Waals surface area contributed by atoms with Crippen LogP contribution in [0.25, 0.3) is 0 Å². The molecule has 12 heavy (non-hydrogen) atoms. The topological polar surface area (TPSA) is 0 Å². The minimum atomic E-state index is 0.0518. The van der Waals surface area contributed by atoms with Gasteiger partial charge in [-0.25, -0.2) is 4.39 Å². The van der Waals surface area contributed by atoms with Gasteiger partial charge < -0.3 is 0 Å². The lowest BCUT2D eigenvalue weighted by atomic mass is 9.88. The minimum absolute atomic E-state index is 0.0518. The van der Waals surface area contributed by atoms with Gasteiger partial charge in [-0.1, -0.05) is 26.3 Å². The molecule has 0 saturated carbocycles. The Morgan fingerprint density at radius 1 is 1.42 bits per heavy atom. The van der Waals surface area contributed by atoms with Crippen LogP contribution in [0.15, 0.2) is 23.0 Å². The first-order valence-corrected chi connectivity index (χ1v) is 4.73. The molecule has 1 aliphatic carbocycles. The first kappa shape index (κ1) is 9.50. The maximum atomic E-state index is 12.9. The smallest absolute Gasteiger partial charge is 0.101 e. The molecule has 0 atom stereocenters. The van der Waals surface area contributed by atoms with E-state index in [0.717, 1.165) is 12.8 Å². The Hall–Kier alpha value is -0.590. The molecule has 0 spiro atoms. The van der Waals surface area contributed by atoms with E-state index < -0.39 is 0 Å². The van der Waals surface area contributed by atoms with E-state index in [0.29, 0.717) is 12.3 Å². The van der Waals surface area contributed by atoms with Crippen molar-refractivity contribution in [1.29, 1.82) is 0 Å². The monoisotopic (exact) mass is 168 g/mol. The summed E-state index contributed by atoms with van der Waals surface area (Å²) in [6.45, 7) is 6.40. The average molecular weight is 168 g/mol. The highest BCUT2D eigenvalue weighted by molar-refractivity contribution is 5.32. The van der Waals surface area contributed by atoms with Crippen LogP contribution in [-0.4, -0.2) is 0 Å². The molecule has 0 radical (unpaired) electrons. The maximum Gasteiger partial charge on any atom is 0.101 e. The van der Waals surface area contributed by atoms with Crippen molar-refractivity contribution < 1.29 is 4.39 Å². The molecule has 0 aromatic rings. The highest BCUT2D eigenvalue weighted by Gasteiger charge is 2.13. The number of rotatable bonds is 2. The van der Waals surface area contributed by atoms with Crippen molar-refractivity contribution >= 4 is 0 Å². The molecule has 0 aromatic heterocycles. The summed E-state index contributed by atoms with van der Waals surface area (Å²) >= 11 is 0. The van der Waals surface area contributed by atoms with Crippen molar-refractivity contribution in [2.75, 3.05) is 0 Å². The Morgan fingerprint density at radius 3 is 2.58 bits per heavy atom. The molecular weight excluding hydrogens is 151 g/mol. The summed E-state index contributed by atoms with van der Waals surface area (Å²) in [7, 11) is 0. The van der Waals surface area contributed by atoms with Crippen molar-refractivity contribution in [1.82, 2.24) is 0 Å². The highest BCUT2D eigenvalue weighted by atomic mass is 19.1. The lowest BCUT2D eigenvalue weighted by Gasteiger charge is -2.18. The zero-order valence-electron chi connectivity index (χ0n) is 8.15. The summed E-state index contributed by atoms with van der Waals surface area (Å²) in [6.07, 6.45) is 4.33. The van der Waals surface area contributed by atoms with Crippen LogP contribution in [0, 0.1) is 5.92 Å². The van der Waals surface area contributed by atoms with E-state index in [1.165, 1.54) is 11.1 Å². The molecule has 0 fully saturated rings. The van der Waals surface area contributed by atoms with Crippen LogP contribution in [0.1, 0.15) is 40.0 Å². The zero-order valence-corrected chi connectivity index (χ0v) is 8.15. The number of hydrogen-bond acceptors (Lipinski definition) is 0. The molecule has 1 heteroatoms. The minimum Gasteiger partial charge on any atom is -0.212 e. The Kier molecular flexibility index (Phi) is 3.07. The molecule has 1 aliphatic rings. The predicted octanol–water partition coefficient (Wildman–Crippen LogP) is 4.00. The van der Waals surface area contributed by atoms with Crippen molar-refractivity contribution in [3.8, 4) is 0 Å². The van der Waals surface area contributed by atoms with Crippen LogP contribution in [-0.2, 0) is 0 Å². The third kappa shape index (κ3) is 1.96. The molecule has 0 nitrogen and oxygen atoms in total. The molecule has 0 aromatic carbocycles. The molecule has 0 saturated heterocycles. The second kappa shape index (κ2) is 3.88. The van der Waals surface area contributed by atoms with E-state index in [1.807, 2.05) is 0 Å². The second-order valence-electron chi connectivity index (χ2n) is 3.66. The third-order valence-electron chi connectivity index (χ3n) is 2.43. The van der Waals surface area contributed by atoms with Crippen molar-refractivity contribution in [2.24, 2.45) is 5.92 Å². The lowest BCUT2D eigenvalue weighted by Crippen LogP contribution is -2.02. The van der Waals surface area contributed by atoms with Crippen molar-refractivity contribution in [3.63, 3.8) is 0 Å². The predicted molar refractivity (Wildman–Crippen MR) is 50.6 cm³/mol. The van der Waals surface area contributed by atoms with Crippen LogP contribution >= 0.6 is 0 Å². The van der Waals surface area contributed by atoms with Gasteiger partial charge in [0.2, 0.25) is 0 Å². The fraction of sp³-hybridized carbons (Fsp3) is 0.636. The van der Waals surface area contributed by atoms with E-state index in [2.05, 4.69) is 20.8 Å². The van der Waals surface area contributed by atoms with Gasteiger partial charge in [-0.2, -0.15) is 0 Å². The van der Waals surface area contributed by atoms with Gasteiger partial charge in [0.1, 0.15) is 5.83 Å². The Bertz CT molecular complexity index is 221. The largest absolute Gasteiger partial charge is 0.212 e. The molecule has 68 valence electrons. The van der Waals surface area contributed by atoms with Gasteiger partial charge in [-0.05, 0) is 30.4 Å². The van der Waals surface area contributed by atoms with E-state index >= 15 is 0 Å². The zero-order chi connectivity index (χ0) is 9.14. The second-order valence-corrected chi connectivity index (χ2v) is 3.66. The van der Waals surface area contributed by atoms with Crippen LogP contribution in [0.3, 0.4) is 0 Å². The van der Waals surface area contributed by atoms with Gasteiger partial charge in [0, 0.05) is 6.42 Å². The van der Waals surface area contributed by atoms with Gasteiger partial charge in [0.15, 0.2) is 0 Å². The molecule has 0 heterocycles. The van der Waals surface area contributed by atoms with Gasteiger partial charge >= 0.3 is 0 Å². The van der Waals surface area contributed by atoms with Crippen LogP contribution in [0.4, 0.5) is 4.39 Å². The molecular formula is C11H17F. The van der Waals surface area contributed by atoms with Crippen molar-refractivity contribution in [2.45, 2.75) is 40.0 Å². The van der Waals surface area contributed by atoms with E-state index in [9.17, 15) is 4.39 Å². The van der Waals surface area contributed by atoms with Gasteiger partial charge in [-0.15, -0.1) is 0 Å². The van der Waals surface area contributed by atoms with E-state index in [1.54, 1.807) is 6.08 Å². The third-order valence-corrected chi connectivity index (χ3v) is 2.43. The Balaban J connectivity index is 2.92. The maximum absolute atomic E-state index is 12.9. The summed E-state index contributed by atoms with van der Waals surface area (Å²) in [5.74, 6) is 0.516. The quantitative estimate of drug-likeness (QED) is 0.584. The fourth-order valence-electron chi connectivity index (χ4n) is 1.71. The van der Waals surface area contributed by atoms with Crippen LogP contribution < -0.4 is 0 Å². The first-order chi connectivity index (χ1) is 5.65. The van der Waals surface area contributed by atoms with Crippen LogP contribution in [0.5, 0.6) is 0 Å². The summed E-state index contributed by atoms with van der Waals surface area (Å²) in [5.41, 5.74) is 2.66. The number of halogens is 1. The molecule has 1 rings (SSSR count). The Morgan fingerprint density at radius 2 is 2.08 bits per heavy atom. The summed E-state index contributed by atoms with van der Waals surface area (Å²) < 4.78 is 12.9. The van der Waals surface area contributed by atoms with Crippen molar-refractivity contribution in [3.05, 3.63) is 23.0 Å². The molecule has 0 unspecified atom stereocenters. The first-order valence-electron chi connectivity index (χ1n) is 4.73. The van der Waals surface area contributed by atoms with Gasteiger partial charge in [0.25, 0.3) is 0 Å². The number of hydrogen-bond donors (Lipinski definition) is 0. The Labute approximate surface area is 74.2 Å². The van der Waals surface area contributed by atoms with Gasteiger partial charge in [0.05, 0.1) is 0 Å². The average Bonchev–Trinajstić information content (AvgIpc) is 2.04. The lowest BCUT2D eigenvalue weighted by molar-refractivity contribution is 0.565. The van der Waals surface area contributed by atoms with Gasteiger partial charge in [-0.3, -0.25) is 0 Å². The van der Waals surface area contributed by atoms with E-state index in [4.69, 9.17) is 0 Å². The molecule has 0 N–H and O–H groups in total. The van der Waals surface area contributed by atoms with Crippen LogP contribution in [0.2, 0.25) is 0 Å². The summed E-state index contributed by atoms with van der Waals surface area (Å²) in [6, 6.07) is 0. The standard InChI is InChI=1S/C11H17F/c1-4-9-5-6-10(12)7-11(9)8(2)3/h7-8H,4-6H2,1-3H3. The highest BCUT2D eigenvalue weighted by Crippen LogP contribution is 2.30. The van der Waals surface area contributed by atoms with E-state index in [-0.39, 0.29) is 5.83 Å². The molecule has 0 amide bonds. The summed E-state index contributed by atoms with van der Waals surface area (Å²) in [5, 5.41) is 0. The SMILES string of the molecule is CCC1=C(C(C)C)C=C(F)CC1. The summed E-state index contributed by atoms with van der Waals surface area (Å²) in [4.78, 5) is 0. The number of allylic oxidation sites excluding steroid dienone is 4. The molecule has 0 bridgehead atoms.